The van der Waals surface area contributed by atoms with Crippen LogP contribution in [0.5, 0.6) is 17.2 Å². The van der Waals surface area contributed by atoms with E-state index >= 15 is 0 Å². The molecule has 4 aromatic rings. The third-order valence-corrected chi connectivity index (χ3v) is 8.96. The Morgan fingerprint density at radius 1 is 0.980 bits per heavy atom. The summed E-state index contributed by atoms with van der Waals surface area (Å²) in [5, 5.41) is 0.657. The minimum Gasteiger partial charge on any atom is -0.490 e. The number of allylic oxidation sites excluding steroid dienone is 2. The molecule has 260 valence electrons. The molecule has 0 fully saturated rings. The third kappa shape index (κ3) is 8.18. The number of aromatic nitrogens is 1. The van der Waals surface area contributed by atoms with Gasteiger partial charge in [-0.3, -0.25) is 9.36 Å². The Bertz CT molecular complexity index is 2120. The van der Waals surface area contributed by atoms with Crippen molar-refractivity contribution in [1.82, 2.24) is 4.57 Å². The predicted octanol–water partition coefficient (Wildman–Crippen LogP) is 5.71. The summed E-state index contributed by atoms with van der Waals surface area (Å²) in [4.78, 5) is 44.5. The van der Waals surface area contributed by atoms with E-state index < -0.39 is 18.0 Å². The van der Waals surface area contributed by atoms with E-state index in [0.29, 0.717) is 62.5 Å². The molecule has 12 heteroatoms. The van der Waals surface area contributed by atoms with Crippen LogP contribution in [0.2, 0.25) is 5.02 Å². The summed E-state index contributed by atoms with van der Waals surface area (Å²) in [6, 6.07) is 17.4. The van der Waals surface area contributed by atoms with Crippen molar-refractivity contribution in [1.29, 1.82) is 0 Å². The van der Waals surface area contributed by atoms with Crippen molar-refractivity contribution in [2.45, 2.75) is 39.8 Å². The van der Waals surface area contributed by atoms with Crippen LogP contribution in [0.15, 0.2) is 94.4 Å². The molecule has 0 unspecified atom stereocenters. The topological polar surface area (TPSA) is 115 Å². The maximum Gasteiger partial charge on any atom is 0.343 e. The fourth-order valence-electron chi connectivity index (χ4n) is 5.42. The SMILES string of the molecule is C=CCc1cc(/C=c2\sc3n(c2=O)[C@H](c2ccc(OCC(=O)OC)c(OCC)c2)C(C(=O)OCC)=C(C)N=3)ccc1OCc1ccc(Cl)cc1. The zero-order valence-corrected chi connectivity index (χ0v) is 29.8. The van der Waals surface area contributed by atoms with E-state index in [1.807, 2.05) is 49.4 Å². The quantitative estimate of drug-likeness (QED) is 0.121. The Hall–Kier alpha value is -5.13. The molecule has 2 heterocycles. The second kappa shape index (κ2) is 16.5. The number of thiazole rings is 1. The van der Waals surface area contributed by atoms with E-state index in [0.717, 1.165) is 16.7 Å². The molecule has 5 rings (SSSR count). The normalized spacial score (nSPS) is 14.0. The number of fused-ring (bicyclic) bond motifs is 1. The maximum atomic E-state index is 14.2. The number of benzene rings is 3. The lowest BCUT2D eigenvalue weighted by Crippen LogP contribution is -2.40. The first-order chi connectivity index (χ1) is 24.2. The van der Waals surface area contributed by atoms with Crippen LogP contribution in [-0.4, -0.2) is 43.4 Å². The zero-order valence-electron chi connectivity index (χ0n) is 28.2. The highest BCUT2D eigenvalue weighted by Crippen LogP contribution is 2.36. The molecule has 1 atom stereocenters. The Balaban J connectivity index is 1.57. The van der Waals surface area contributed by atoms with E-state index in [-0.39, 0.29) is 24.3 Å². The van der Waals surface area contributed by atoms with Crippen LogP contribution in [0.25, 0.3) is 6.08 Å². The third-order valence-electron chi connectivity index (χ3n) is 7.73. The van der Waals surface area contributed by atoms with Gasteiger partial charge in [-0.25, -0.2) is 14.6 Å². The predicted molar refractivity (Wildman–Crippen MR) is 192 cm³/mol. The molecular formula is C38H37ClN2O8S. The Labute approximate surface area is 298 Å². The van der Waals surface area contributed by atoms with Crippen LogP contribution >= 0.6 is 22.9 Å². The highest BCUT2D eigenvalue weighted by atomic mass is 35.5. The van der Waals surface area contributed by atoms with Gasteiger partial charge in [0.2, 0.25) is 0 Å². The molecule has 3 aromatic carbocycles. The molecular weight excluding hydrogens is 680 g/mol. The molecule has 0 radical (unpaired) electrons. The van der Waals surface area contributed by atoms with Gasteiger partial charge < -0.3 is 23.7 Å². The molecule has 0 saturated carbocycles. The van der Waals surface area contributed by atoms with E-state index in [1.54, 1.807) is 44.2 Å². The number of rotatable bonds is 14. The fourth-order valence-corrected chi connectivity index (χ4v) is 6.60. The van der Waals surface area contributed by atoms with Crippen LogP contribution in [0.1, 0.15) is 49.1 Å². The first kappa shape index (κ1) is 36.2. The average molecular weight is 717 g/mol. The van der Waals surface area contributed by atoms with E-state index in [9.17, 15) is 14.4 Å². The van der Waals surface area contributed by atoms with E-state index in [1.165, 1.54) is 23.0 Å². The molecule has 1 aromatic heterocycles. The van der Waals surface area contributed by atoms with Crippen molar-refractivity contribution in [3.8, 4) is 17.2 Å². The molecule has 0 aliphatic carbocycles. The number of carbonyl (C=O) groups excluding carboxylic acids is 2. The zero-order chi connectivity index (χ0) is 35.8. The number of ether oxygens (including phenoxy) is 5. The number of hydrogen-bond acceptors (Lipinski definition) is 10. The highest BCUT2D eigenvalue weighted by Gasteiger charge is 2.34. The van der Waals surface area contributed by atoms with Crippen LogP contribution < -0.4 is 29.1 Å². The van der Waals surface area contributed by atoms with E-state index in [4.69, 9.17) is 35.3 Å². The first-order valence-electron chi connectivity index (χ1n) is 15.9. The summed E-state index contributed by atoms with van der Waals surface area (Å²) in [5.41, 5.74) is 3.58. The number of halogens is 1. The van der Waals surface area contributed by atoms with Crippen molar-refractivity contribution in [2.24, 2.45) is 4.99 Å². The Morgan fingerprint density at radius 2 is 1.74 bits per heavy atom. The Kier molecular flexibility index (Phi) is 11.9. The lowest BCUT2D eigenvalue weighted by Gasteiger charge is -2.25. The lowest BCUT2D eigenvalue weighted by atomic mass is 9.95. The van der Waals surface area contributed by atoms with E-state index in [2.05, 4.69) is 11.6 Å². The number of nitrogens with zero attached hydrogens (tertiary/aromatic N) is 2. The van der Waals surface area contributed by atoms with Gasteiger partial charge in [0.15, 0.2) is 22.9 Å². The van der Waals surface area contributed by atoms with Crippen molar-refractivity contribution in [3.63, 3.8) is 0 Å². The smallest absolute Gasteiger partial charge is 0.343 e. The molecule has 0 N–H and O–H groups in total. The second-order valence-corrected chi connectivity index (χ2v) is 12.5. The van der Waals surface area contributed by atoms with Gasteiger partial charge in [-0.1, -0.05) is 53.3 Å². The molecule has 10 nitrogen and oxygen atoms in total. The van der Waals surface area contributed by atoms with Gasteiger partial charge in [-0.05, 0) is 91.9 Å². The number of methoxy groups -OCH3 is 1. The van der Waals surface area contributed by atoms with Crippen molar-refractivity contribution >= 4 is 41.0 Å². The average Bonchev–Trinajstić information content (AvgIpc) is 3.41. The maximum absolute atomic E-state index is 14.2. The minimum absolute atomic E-state index is 0.143. The van der Waals surface area contributed by atoms with Crippen molar-refractivity contribution < 1.29 is 33.3 Å². The molecule has 1 aliphatic rings. The molecule has 0 spiro atoms. The fraction of sp³-hybridized carbons (Fsp3) is 0.263. The summed E-state index contributed by atoms with van der Waals surface area (Å²) in [6.45, 7) is 9.64. The van der Waals surface area contributed by atoms with Gasteiger partial charge in [0.05, 0.1) is 42.2 Å². The second-order valence-electron chi connectivity index (χ2n) is 11.1. The molecule has 0 bridgehead atoms. The molecule has 1 aliphatic heterocycles. The summed E-state index contributed by atoms with van der Waals surface area (Å²) >= 11 is 7.24. The summed E-state index contributed by atoms with van der Waals surface area (Å²) < 4.78 is 29.7. The monoisotopic (exact) mass is 716 g/mol. The van der Waals surface area contributed by atoms with Gasteiger partial charge in [0, 0.05) is 5.02 Å². The summed E-state index contributed by atoms with van der Waals surface area (Å²) in [6.07, 6.45) is 4.15. The van der Waals surface area contributed by atoms with Crippen molar-refractivity contribution in [3.05, 3.63) is 132 Å². The lowest BCUT2D eigenvalue weighted by molar-refractivity contribution is -0.143. The van der Waals surface area contributed by atoms with Gasteiger partial charge in [-0.2, -0.15) is 0 Å². The van der Waals surface area contributed by atoms with Crippen LogP contribution in [-0.2, 0) is 32.1 Å². The van der Waals surface area contributed by atoms with Gasteiger partial charge >= 0.3 is 11.9 Å². The largest absolute Gasteiger partial charge is 0.490 e. The Morgan fingerprint density at radius 3 is 2.44 bits per heavy atom. The molecule has 0 amide bonds. The number of hydrogen-bond donors (Lipinski definition) is 0. The van der Waals surface area contributed by atoms with Crippen molar-refractivity contribution in [2.75, 3.05) is 26.9 Å². The molecule has 50 heavy (non-hydrogen) atoms. The number of carbonyl (C=O) groups is 2. The van der Waals surface area contributed by atoms with Gasteiger partial charge in [0.25, 0.3) is 5.56 Å². The molecule has 0 saturated heterocycles. The number of esters is 2. The minimum atomic E-state index is -0.874. The highest BCUT2D eigenvalue weighted by molar-refractivity contribution is 7.07. The van der Waals surface area contributed by atoms with Crippen LogP contribution in [0, 0.1) is 0 Å². The van der Waals surface area contributed by atoms with Crippen LogP contribution in [0.3, 0.4) is 0 Å². The standard InChI is InChI=1S/C38H37ClN2O8S/c1-6-9-26-18-25(12-16-29(26)48-21-24-10-14-28(39)15-11-24)19-32-36(43)41-35(34(37(44)47-8-3)23(4)40-38(41)50-32)27-13-17-30(31(20-27)46-7-2)49-22-33(42)45-5/h6,10-20,35H,1,7-9,21-22H2,2-5H3/b32-19-/t35-/m1/s1. The van der Waals surface area contributed by atoms with Crippen LogP contribution in [0.4, 0.5) is 0 Å². The summed E-state index contributed by atoms with van der Waals surface area (Å²) in [5.74, 6) is 0.214. The van der Waals surface area contributed by atoms with Gasteiger partial charge in [-0.15, -0.1) is 6.58 Å². The first-order valence-corrected chi connectivity index (χ1v) is 17.1. The van der Waals surface area contributed by atoms with Gasteiger partial charge in [0.1, 0.15) is 12.4 Å². The summed E-state index contributed by atoms with van der Waals surface area (Å²) in [7, 11) is 1.27.